The average molecular weight is 467 g/mol. The Morgan fingerprint density at radius 3 is 2.41 bits per heavy atom. The van der Waals surface area contributed by atoms with E-state index in [1.54, 1.807) is 11.2 Å². The normalized spacial score (nSPS) is 18.0. The van der Waals surface area contributed by atoms with Gasteiger partial charge in [-0.2, -0.15) is 13.2 Å². The van der Waals surface area contributed by atoms with Gasteiger partial charge in [-0.15, -0.1) is 0 Å². The number of imidazole rings is 1. The van der Waals surface area contributed by atoms with Gasteiger partial charge in [0.1, 0.15) is 5.78 Å². The number of amides is 1. The van der Waals surface area contributed by atoms with Crippen molar-refractivity contribution < 1.29 is 22.8 Å². The molecule has 8 heteroatoms. The van der Waals surface area contributed by atoms with E-state index in [2.05, 4.69) is 11.1 Å². The van der Waals surface area contributed by atoms with Crippen molar-refractivity contribution >= 4 is 11.7 Å². The van der Waals surface area contributed by atoms with E-state index in [1.807, 2.05) is 29.0 Å². The summed E-state index contributed by atoms with van der Waals surface area (Å²) in [4.78, 5) is 31.8. The van der Waals surface area contributed by atoms with Crippen LogP contribution in [0, 0.1) is 5.92 Å². The molecule has 0 spiro atoms. The number of nitrogens with zero attached hydrogens (tertiary/aromatic N) is 3. The van der Waals surface area contributed by atoms with Crippen molar-refractivity contribution in [2.45, 2.75) is 37.8 Å². The van der Waals surface area contributed by atoms with E-state index in [-0.39, 0.29) is 29.9 Å². The van der Waals surface area contributed by atoms with Crippen LogP contribution in [0.15, 0.2) is 61.1 Å². The van der Waals surface area contributed by atoms with Crippen LogP contribution in [-0.2, 0) is 22.2 Å². The summed E-state index contributed by atoms with van der Waals surface area (Å²) >= 11 is 0. The van der Waals surface area contributed by atoms with Crippen molar-refractivity contribution in [2.75, 3.05) is 13.1 Å². The van der Waals surface area contributed by atoms with Crippen LogP contribution in [0.3, 0.4) is 0 Å². The molecular formula is C26H24F3N3O2. The maximum absolute atomic E-state index is 13.2. The first-order valence-corrected chi connectivity index (χ1v) is 11.4. The SMILES string of the molecule is O=C(CC1c2ccccc2-n2cncc21)C1CCN(C(=O)Cc2ccc(C(F)(F)F)cc2)CC1. The van der Waals surface area contributed by atoms with E-state index in [4.69, 9.17) is 0 Å². The topological polar surface area (TPSA) is 55.2 Å². The number of hydrogen-bond acceptors (Lipinski definition) is 3. The van der Waals surface area contributed by atoms with Crippen molar-refractivity contribution in [2.24, 2.45) is 5.92 Å². The van der Waals surface area contributed by atoms with Crippen LogP contribution in [-0.4, -0.2) is 39.2 Å². The number of piperidine rings is 1. The van der Waals surface area contributed by atoms with E-state index in [0.29, 0.717) is 37.9 Å². The molecule has 2 aliphatic heterocycles. The first-order valence-electron chi connectivity index (χ1n) is 11.4. The average Bonchev–Trinajstić information content (AvgIpc) is 3.41. The summed E-state index contributed by atoms with van der Waals surface area (Å²) in [5.41, 5.74) is 3.05. The summed E-state index contributed by atoms with van der Waals surface area (Å²) < 4.78 is 40.2. The number of fused-ring (bicyclic) bond motifs is 3. The molecule has 0 bridgehead atoms. The zero-order valence-electron chi connectivity index (χ0n) is 18.5. The lowest BCUT2D eigenvalue weighted by Gasteiger charge is -2.32. The molecule has 0 N–H and O–H groups in total. The Hall–Kier alpha value is -3.42. The number of hydrogen-bond donors (Lipinski definition) is 0. The van der Waals surface area contributed by atoms with E-state index >= 15 is 0 Å². The number of likely N-dealkylation sites (tertiary alicyclic amines) is 1. The standard InChI is InChI=1S/C26H24F3N3O2/c27-26(28,29)19-7-5-17(6-8-19)13-25(34)31-11-9-18(10-12-31)24(33)14-21-20-3-1-2-4-22(20)32-16-30-15-23(21)32/h1-8,15-16,18,21H,9-14H2. The van der Waals surface area contributed by atoms with Crippen molar-refractivity contribution in [3.63, 3.8) is 0 Å². The molecule has 3 heterocycles. The van der Waals surface area contributed by atoms with Crippen LogP contribution >= 0.6 is 0 Å². The lowest BCUT2D eigenvalue weighted by Crippen LogP contribution is -2.41. The van der Waals surface area contributed by atoms with Crippen LogP contribution in [0.1, 0.15) is 47.6 Å². The molecule has 5 nitrogen and oxygen atoms in total. The third-order valence-electron chi connectivity index (χ3n) is 6.94. The molecule has 1 saturated heterocycles. The predicted molar refractivity (Wildman–Crippen MR) is 119 cm³/mol. The second-order valence-corrected chi connectivity index (χ2v) is 9.00. The lowest BCUT2D eigenvalue weighted by molar-refractivity contribution is -0.137. The predicted octanol–water partition coefficient (Wildman–Crippen LogP) is 4.78. The molecule has 34 heavy (non-hydrogen) atoms. The Bertz CT molecular complexity index is 1210. The van der Waals surface area contributed by atoms with Crippen LogP contribution in [0.4, 0.5) is 13.2 Å². The van der Waals surface area contributed by atoms with Gasteiger partial charge in [-0.25, -0.2) is 4.98 Å². The Labute approximate surface area is 195 Å². The number of benzene rings is 2. The molecule has 0 radical (unpaired) electrons. The molecule has 2 aliphatic rings. The third-order valence-corrected chi connectivity index (χ3v) is 6.94. The van der Waals surface area contributed by atoms with E-state index in [0.717, 1.165) is 29.1 Å². The summed E-state index contributed by atoms with van der Waals surface area (Å²) in [6, 6.07) is 12.7. The molecule has 0 aliphatic carbocycles. The van der Waals surface area contributed by atoms with Crippen LogP contribution in [0.25, 0.3) is 5.69 Å². The van der Waals surface area contributed by atoms with Crippen LogP contribution in [0.2, 0.25) is 0 Å². The summed E-state index contributed by atoms with van der Waals surface area (Å²) in [7, 11) is 0. The highest BCUT2D eigenvalue weighted by molar-refractivity contribution is 5.84. The van der Waals surface area contributed by atoms with Gasteiger partial charge >= 0.3 is 6.18 Å². The summed E-state index contributed by atoms with van der Waals surface area (Å²) in [5, 5.41) is 0. The van der Waals surface area contributed by atoms with Gasteiger partial charge in [0.05, 0.1) is 29.7 Å². The quantitative estimate of drug-likeness (QED) is 0.543. The molecule has 0 saturated carbocycles. The molecule has 1 amide bonds. The highest BCUT2D eigenvalue weighted by Gasteiger charge is 2.34. The number of aromatic nitrogens is 2. The fraction of sp³-hybridized carbons (Fsp3) is 0.346. The van der Waals surface area contributed by atoms with Crippen LogP contribution < -0.4 is 0 Å². The number of halogens is 3. The van der Waals surface area contributed by atoms with Gasteiger partial charge in [0.15, 0.2) is 0 Å². The number of alkyl halides is 3. The van der Waals surface area contributed by atoms with Gasteiger partial charge in [0, 0.05) is 37.5 Å². The van der Waals surface area contributed by atoms with Crippen molar-refractivity contribution in [3.05, 3.63) is 83.4 Å². The minimum Gasteiger partial charge on any atom is -0.342 e. The molecular weight excluding hydrogens is 443 g/mol. The molecule has 1 unspecified atom stereocenters. The minimum absolute atomic E-state index is 0.00877. The first kappa shape index (κ1) is 22.4. The lowest BCUT2D eigenvalue weighted by atomic mass is 9.84. The van der Waals surface area contributed by atoms with Gasteiger partial charge in [0.25, 0.3) is 0 Å². The summed E-state index contributed by atoms with van der Waals surface area (Å²) in [5.74, 6) is -0.0339. The van der Waals surface area contributed by atoms with E-state index in [1.165, 1.54) is 12.1 Å². The largest absolute Gasteiger partial charge is 0.416 e. The first-order chi connectivity index (χ1) is 16.3. The Balaban J connectivity index is 1.17. The van der Waals surface area contributed by atoms with Crippen molar-refractivity contribution in [1.82, 2.24) is 14.5 Å². The summed E-state index contributed by atoms with van der Waals surface area (Å²) in [6.07, 6.45) is 0.875. The van der Waals surface area contributed by atoms with Crippen molar-refractivity contribution in [1.29, 1.82) is 0 Å². The van der Waals surface area contributed by atoms with Gasteiger partial charge in [-0.3, -0.25) is 9.59 Å². The molecule has 5 rings (SSSR count). The second-order valence-electron chi connectivity index (χ2n) is 9.00. The number of para-hydroxylation sites is 1. The Morgan fingerprint density at radius 1 is 1.00 bits per heavy atom. The van der Waals surface area contributed by atoms with Crippen molar-refractivity contribution in [3.8, 4) is 5.69 Å². The molecule has 3 aromatic rings. The number of rotatable bonds is 5. The zero-order chi connectivity index (χ0) is 23.9. The summed E-state index contributed by atoms with van der Waals surface area (Å²) in [6.45, 7) is 0.962. The highest BCUT2D eigenvalue weighted by atomic mass is 19.4. The number of carbonyl (C=O) groups excluding carboxylic acids is 2. The molecule has 2 aromatic carbocycles. The minimum atomic E-state index is -4.39. The van der Waals surface area contributed by atoms with Gasteiger partial charge in [-0.05, 0) is 42.2 Å². The fourth-order valence-corrected chi connectivity index (χ4v) is 5.06. The fourth-order valence-electron chi connectivity index (χ4n) is 5.06. The van der Waals surface area contributed by atoms with Gasteiger partial charge in [0.2, 0.25) is 5.91 Å². The molecule has 1 aromatic heterocycles. The van der Waals surface area contributed by atoms with Gasteiger partial charge in [-0.1, -0.05) is 30.3 Å². The highest BCUT2D eigenvalue weighted by Crippen LogP contribution is 2.40. The van der Waals surface area contributed by atoms with E-state index in [9.17, 15) is 22.8 Å². The molecule has 1 atom stereocenters. The maximum atomic E-state index is 13.2. The number of Topliss-reactive ketones (excluding diaryl/α,β-unsaturated/α-hetero) is 1. The maximum Gasteiger partial charge on any atom is 0.416 e. The smallest absolute Gasteiger partial charge is 0.342 e. The van der Waals surface area contributed by atoms with Crippen LogP contribution in [0.5, 0.6) is 0 Å². The number of ketones is 1. The Kier molecular flexibility index (Phi) is 5.75. The Morgan fingerprint density at radius 2 is 1.71 bits per heavy atom. The number of carbonyl (C=O) groups is 2. The second kappa shape index (κ2) is 8.74. The van der Waals surface area contributed by atoms with Gasteiger partial charge < -0.3 is 9.47 Å². The monoisotopic (exact) mass is 467 g/mol. The molecule has 1 fully saturated rings. The molecule has 176 valence electrons. The van der Waals surface area contributed by atoms with E-state index < -0.39 is 11.7 Å². The zero-order valence-corrected chi connectivity index (χ0v) is 18.5. The third kappa shape index (κ3) is 4.24.